The third-order valence-electron chi connectivity index (χ3n) is 3.47. The molecule has 0 unspecified atom stereocenters. The molecule has 1 saturated heterocycles. The fraction of sp³-hybridized carbons (Fsp3) is 0.538. The summed E-state index contributed by atoms with van der Waals surface area (Å²) in [6.07, 6.45) is 4.27. The van der Waals surface area contributed by atoms with Crippen LogP contribution in [0.1, 0.15) is 30.9 Å². The zero-order chi connectivity index (χ0) is 12.4. The van der Waals surface area contributed by atoms with Crippen LogP contribution in [0.2, 0.25) is 0 Å². The van der Waals surface area contributed by atoms with Crippen molar-refractivity contribution in [3.63, 3.8) is 0 Å². The first-order chi connectivity index (χ1) is 8.09. The van der Waals surface area contributed by atoms with Crippen LogP contribution >= 0.6 is 12.2 Å². The lowest BCUT2D eigenvalue weighted by atomic mass is 9.98. The summed E-state index contributed by atoms with van der Waals surface area (Å²) in [5.74, 6) is 1.77. The minimum atomic E-state index is 0.448. The molecule has 2 heterocycles. The van der Waals surface area contributed by atoms with Crippen molar-refractivity contribution < 1.29 is 0 Å². The molecule has 0 saturated carbocycles. The van der Waals surface area contributed by atoms with Gasteiger partial charge in [-0.05, 0) is 37.3 Å². The van der Waals surface area contributed by atoms with E-state index in [9.17, 15) is 0 Å². The Hall–Kier alpha value is -1.16. The first-order valence-corrected chi connectivity index (χ1v) is 6.50. The monoisotopic (exact) mass is 249 g/mol. The van der Waals surface area contributed by atoms with Gasteiger partial charge in [-0.25, -0.2) is 4.98 Å². The molecule has 0 radical (unpaired) electrons. The van der Waals surface area contributed by atoms with Gasteiger partial charge in [0.2, 0.25) is 0 Å². The highest BCUT2D eigenvalue weighted by Gasteiger charge is 2.21. The fourth-order valence-electron chi connectivity index (χ4n) is 2.31. The summed E-state index contributed by atoms with van der Waals surface area (Å²) in [4.78, 5) is 7.22. The lowest BCUT2D eigenvalue weighted by molar-refractivity contribution is 0.436. The zero-order valence-electron chi connectivity index (χ0n) is 10.4. The second-order valence-corrected chi connectivity index (χ2v) is 5.30. The molecule has 2 rings (SSSR count). The Labute approximate surface area is 108 Å². The van der Waals surface area contributed by atoms with Gasteiger partial charge in [0.05, 0.1) is 5.56 Å². The van der Waals surface area contributed by atoms with E-state index >= 15 is 0 Å². The molecule has 1 fully saturated rings. The van der Waals surface area contributed by atoms with Crippen LogP contribution in [0.3, 0.4) is 0 Å². The Bertz CT molecular complexity index is 423. The molecule has 1 aromatic heterocycles. The van der Waals surface area contributed by atoms with Crippen LogP contribution in [0, 0.1) is 12.8 Å². The molecule has 92 valence electrons. The van der Waals surface area contributed by atoms with Crippen LogP contribution < -0.4 is 10.6 Å². The highest BCUT2D eigenvalue weighted by atomic mass is 32.1. The predicted molar refractivity (Wildman–Crippen MR) is 75.5 cm³/mol. The number of hydrogen-bond acceptors (Lipinski definition) is 3. The Morgan fingerprint density at radius 3 is 2.71 bits per heavy atom. The molecule has 0 bridgehead atoms. The summed E-state index contributed by atoms with van der Waals surface area (Å²) < 4.78 is 0. The second-order valence-electron chi connectivity index (χ2n) is 4.86. The van der Waals surface area contributed by atoms with Crippen molar-refractivity contribution in [1.29, 1.82) is 0 Å². The number of aryl methyl sites for hydroxylation is 1. The fourth-order valence-corrected chi connectivity index (χ4v) is 2.56. The number of thiocarbonyl (C=S) groups is 1. The number of nitrogens with zero attached hydrogens (tertiary/aromatic N) is 2. The maximum atomic E-state index is 5.81. The molecule has 3 nitrogen and oxygen atoms in total. The molecule has 17 heavy (non-hydrogen) atoms. The van der Waals surface area contributed by atoms with Gasteiger partial charge >= 0.3 is 0 Å². The van der Waals surface area contributed by atoms with Gasteiger partial charge in [0.15, 0.2) is 0 Å². The standard InChI is InChI=1S/C13H19N3S/c1-9-4-7-16(8-5-9)13-11(12(14)17)10(2)3-6-15-13/h3,6,9H,4-5,7-8H2,1-2H3,(H2,14,17). The molecular formula is C13H19N3S. The van der Waals surface area contributed by atoms with Gasteiger partial charge in [-0.15, -0.1) is 0 Å². The average molecular weight is 249 g/mol. The molecule has 4 heteroatoms. The smallest absolute Gasteiger partial charge is 0.139 e. The summed E-state index contributed by atoms with van der Waals surface area (Å²) in [5.41, 5.74) is 7.87. The van der Waals surface area contributed by atoms with E-state index < -0.39 is 0 Å². The van der Waals surface area contributed by atoms with Crippen LogP contribution in [0.25, 0.3) is 0 Å². The average Bonchev–Trinajstić information content (AvgIpc) is 2.29. The third-order valence-corrected chi connectivity index (χ3v) is 3.67. The molecule has 0 spiro atoms. The van der Waals surface area contributed by atoms with Gasteiger partial charge < -0.3 is 10.6 Å². The molecule has 1 aromatic rings. The van der Waals surface area contributed by atoms with Crippen LogP contribution in [0.5, 0.6) is 0 Å². The lowest BCUT2D eigenvalue weighted by Gasteiger charge is -2.32. The Kier molecular flexibility index (Phi) is 3.62. The lowest BCUT2D eigenvalue weighted by Crippen LogP contribution is -2.35. The van der Waals surface area contributed by atoms with Crippen molar-refractivity contribution in [1.82, 2.24) is 4.98 Å². The van der Waals surface area contributed by atoms with Gasteiger partial charge in [-0.2, -0.15) is 0 Å². The quantitative estimate of drug-likeness (QED) is 0.816. The van der Waals surface area contributed by atoms with Gasteiger partial charge in [0, 0.05) is 19.3 Å². The first kappa shape index (κ1) is 12.3. The third kappa shape index (κ3) is 2.57. The number of aromatic nitrogens is 1. The van der Waals surface area contributed by atoms with E-state index in [1.807, 2.05) is 19.2 Å². The topological polar surface area (TPSA) is 42.2 Å². The minimum Gasteiger partial charge on any atom is -0.389 e. The maximum absolute atomic E-state index is 5.81. The number of nitrogens with two attached hydrogens (primary N) is 1. The molecule has 1 aliphatic heterocycles. The van der Waals surface area contributed by atoms with Gasteiger partial charge in [0.25, 0.3) is 0 Å². The van der Waals surface area contributed by atoms with Crippen LogP contribution in [0.4, 0.5) is 5.82 Å². The number of anilines is 1. The SMILES string of the molecule is Cc1ccnc(N2CCC(C)CC2)c1C(N)=S. The molecule has 0 aromatic carbocycles. The molecule has 0 amide bonds. The van der Waals surface area contributed by atoms with Crippen molar-refractivity contribution in [2.24, 2.45) is 11.7 Å². The van der Waals surface area contributed by atoms with Crippen LogP contribution in [-0.4, -0.2) is 23.1 Å². The molecule has 0 aliphatic carbocycles. The minimum absolute atomic E-state index is 0.448. The normalized spacial score (nSPS) is 17.2. The van der Waals surface area contributed by atoms with Crippen LogP contribution in [0.15, 0.2) is 12.3 Å². The highest BCUT2D eigenvalue weighted by Crippen LogP contribution is 2.25. The number of hydrogen-bond donors (Lipinski definition) is 1. The van der Waals surface area contributed by atoms with Gasteiger partial charge in [-0.1, -0.05) is 19.1 Å². The molecular weight excluding hydrogens is 230 g/mol. The van der Waals surface area contributed by atoms with E-state index in [2.05, 4.69) is 16.8 Å². The van der Waals surface area contributed by atoms with Crippen molar-refractivity contribution in [3.05, 3.63) is 23.4 Å². The van der Waals surface area contributed by atoms with E-state index in [-0.39, 0.29) is 0 Å². The molecule has 0 atom stereocenters. The van der Waals surface area contributed by atoms with Crippen molar-refractivity contribution in [2.45, 2.75) is 26.7 Å². The highest BCUT2D eigenvalue weighted by molar-refractivity contribution is 7.80. The summed E-state index contributed by atoms with van der Waals surface area (Å²) in [6.45, 7) is 6.43. The second kappa shape index (κ2) is 5.00. The molecule has 2 N–H and O–H groups in total. The van der Waals surface area contributed by atoms with Crippen LogP contribution in [-0.2, 0) is 0 Å². The van der Waals surface area contributed by atoms with Crippen molar-refractivity contribution in [2.75, 3.05) is 18.0 Å². The Morgan fingerprint density at radius 2 is 2.12 bits per heavy atom. The summed E-state index contributed by atoms with van der Waals surface area (Å²) in [7, 11) is 0. The van der Waals surface area contributed by atoms with E-state index in [0.29, 0.717) is 4.99 Å². The predicted octanol–water partition coefficient (Wildman–Crippen LogP) is 2.26. The van der Waals surface area contributed by atoms with Gasteiger partial charge in [-0.3, -0.25) is 0 Å². The zero-order valence-corrected chi connectivity index (χ0v) is 11.3. The summed E-state index contributed by atoms with van der Waals surface area (Å²) in [5, 5.41) is 0. The number of piperidine rings is 1. The largest absolute Gasteiger partial charge is 0.389 e. The number of rotatable bonds is 2. The van der Waals surface area contributed by atoms with E-state index in [0.717, 1.165) is 36.0 Å². The van der Waals surface area contributed by atoms with Crippen molar-refractivity contribution >= 4 is 23.0 Å². The maximum Gasteiger partial charge on any atom is 0.139 e. The Morgan fingerprint density at radius 1 is 1.47 bits per heavy atom. The van der Waals surface area contributed by atoms with E-state index in [1.54, 1.807) is 0 Å². The molecule has 1 aliphatic rings. The Balaban J connectivity index is 2.32. The van der Waals surface area contributed by atoms with E-state index in [4.69, 9.17) is 18.0 Å². The van der Waals surface area contributed by atoms with Gasteiger partial charge in [0.1, 0.15) is 10.8 Å². The first-order valence-electron chi connectivity index (χ1n) is 6.10. The van der Waals surface area contributed by atoms with E-state index in [1.165, 1.54) is 12.8 Å². The summed E-state index contributed by atoms with van der Waals surface area (Å²) in [6, 6.07) is 1.96. The van der Waals surface area contributed by atoms with Crippen molar-refractivity contribution in [3.8, 4) is 0 Å². The number of pyridine rings is 1. The summed E-state index contributed by atoms with van der Waals surface area (Å²) >= 11 is 5.14.